The van der Waals surface area contributed by atoms with Crippen LogP contribution in [0, 0.1) is 0 Å². The SMILES string of the molecule is CCN=C(Cl)C(=O)O. The molecular formula is C4H6ClNO2. The number of aliphatic carboxylic acids is 1. The fourth-order valence-electron chi connectivity index (χ4n) is 0.206. The summed E-state index contributed by atoms with van der Waals surface area (Å²) in [6, 6.07) is 0. The van der Waals surface area contributed by atoms with Crippen molar-refractivity contribution in [3.05, 3.63) is 0 Å². The molecule has 0 aromatic heterocycles. The first-order chi connectivity index (χ1) is 3.68. The molecule has 3 nitrogen and oxygen atoms in total. The lowest BCUT2D eigenvalue weighted by Gasteiger charge is -1.84. The summed E-state index contributed by atoms with van der Waals surface area (Å²) in [5.41, 5.74) is 0. The van der Waals surface area contributed by atoms with Crippen LogP contribution in [0.4, 0.5) is 0 Å². The van der Waals surface area contributed by atoms with Crippen molar-refractivity contribution in [1.82, 2.24) is 0 Å². The van der Waals surface area contributed by atoms with Gasteiger partial charge < -0.3 is 5.11 Å². The van der Waals surface area contributed by atoms with Crippen molar-refractivity contribution >= 4 is 22.7 Å². The molecule has 46 valence electrons. The highest BCUT2D eigenvalue weighted by Gasteiger charge is 2.00. The van der Waals surface area contributed by atoms with Crippen LogP contribution in [0.2, 0.25) is 0 Å². The fourth-order valence-corrected chi connectivity index (χ4v) is 0.326. The summed E-state index contributed by atoms with van der Waals surface area (Å²) in [4.78, 5) is 13.2. The predicted octanol–water partition coefficient (Wildman–Crippen LogP) is 0.728. The van der Waals surface area contributed by atoms with Gasteiger partial charge in [-0.25, -0.2) is 4.79 Å². The van der Waals surface area contributed by atoms with Crippen LogP contribution < -0.4 is 0 Å². The molecule has 0 atom stereocenters. The van der Waals surface area contributed by atoms with E-state index in [4.69, 9.17) is 16.7 Å². The maximum absolute atomic E-state index is 9.83. The van der Waals surface area contributed by atoms with E-state index in [2.05, 4.69) is 4.99 Å². The van der Waals surface area contributed by atoms with E-state index < -0.39 is 5.97 Å². The van der Waals surface area contributed by atoms with Crippen LogP contribution in [0.5, 0.6) is 0 Å². The molecule has 0 aliphatic rings. The van der Waals surface area contributed by atoms with Crippen molar-refractivity contribution in [3.8, 4) is 0 Å². The summed E-state index contributed by atoms with van der Waals surface area (Å²) in [5, 5.41) is 7.70. The van der Waals surface area contributed by atoms with Gasteiger partial charge in [0.2, 0.25) is 5.17 Å². The van der Waals surface area contributed by atoms with Crippen molar-refractivity contribution in [2.24, 2.45) is 4.99 Å². The van der Waals surface area contributed by atoms with E-state index in [1.807, 2.05) is 0 Å². The first kappa shape index (κ1) is 7.43. The molecule has 0 heterocycles. The largest absolute Gasteiger partial charge is 0.476 e. The number of carboxylic acid groups (broad SMARTS) is 1. The molecule has 0 aliphatic carbocycles. The van der Waals surface area contributed by atoms with Gasteiger partial charge in [0.05, 0.1) is 0 Å². The maximum atomic E-state index is 9.83. The van der Waals surface area contributed by atoms with Crippen LogP contribution >= 0.6 is 11.6 Å². The van der Waals surface area contributed by atoms with Gasteiger partial charge in [0.15, 0.2) is 0 Å². The van der Waals surface area contributed by atoms with Crippen molar-refractivity contribution in [1.29, 1.82) is 0 Å². The first-order valence-corrected chi connectivity index (χ1v) is 2.49. The summed E-state index contributed by atoms with van der Waals surface area (Å²) in [6.45, 7) is 2.12. The third-order valence-corrected chi connectivity index (χ3v) is 0.755. The third-order valence-electron chi connectivity index (χ3n) is 0.473. The smallest absolute Gasteiger partial charge is 0.365 e. The number of nitrogens with zero attached hydrogens (tertiary/aromatic N) is 1. The number of carbonyl (C=O) groups is 1. The highest BCUT2D eigenvalue weighted by atomic mass is 35.5. The zero-order chi connectivity index (χ0) is 6.57. The third kappa shape index (κ3) is 2.58. The van der Waals surface area contributed by atoms with Gasteiger partial charge in [-0.3, -0.25) is 4.99 Å². The zero-order valence-corrected chi connectivity index (χ0v) is 5.14. The molecule has 0 bridgehead atoms. The molecule has 0 amide bonds. The molecule has 0 radical (unpaired) electrons. The Hall–Kier alpha value is -0.570. The quantitative estimate of drug-likeness (QED) is 0.568. The monoisotopic (exact) mass is 135 g/mol. The molecule has 0 aliphatic heterocycles. The van der Waals surface area contributed by atoms with Crippen molar-refractivity contribution in [2.75, 3.05) is 6.54 Å². The summed E-state index contributed by atoms with van der Waals surface area (Å²) in [5.74, 6) is -1.17. The maximum Gasteiger partial charge on any atom is 0.365 e. The Kier molecular flexibility index (Phi) is 3.19. The van der Waals surface area contributed by atoms with Gasteiger partial charge in [-0.05, 0) is 6.92 Å². The van der Waals surface area contributed by atoms with E-state index in [0.29, 0.717) is 6.54 Å². The van der Waals surface area contributed by atoms with Gasteiger partial charge in [0.25, 0.3) is 0 Å². The Morgan fingerprint density at radius 3 is 2.50 bits per heavy atom. The fraction of sp³-hybridized carbons (Fsp3) is 0.500. The van der Waals surface area contributed by atoms with Gasteiger partial charge in [-0.1, -0.05) is 11.6 Å². The Labute approximate surface area is 52.0 Å². The minimum atomic E-state index is -1.17. The minimum absolute atomic E-state index is 0.354. The van der Waals surface area contributed by atoms with Crippen LogP contribution in [0.25, 0.3) is 0 Å². The molecule has 0 rings (SSSR count). The van der Waals surface area contributed by atoms with Crippen LogP contribution in [-0.4, -0.2) is 22.8 Å². The molecule has 4 heteroatoms. The van der Waals surface area contributed by atoms with Gasteiger partial charge in [-0.15, -0.1) is 0 Å². The summed E-state index contributed by atoms with van der Waals surface area (Å²) < 4.78 is 0. The number of rotatable bonds is 2. The first-order valence-electron chi connectivity index (χ1n) is 2.11. The normalized spacial score (nSPS) is 11.5. The van der Waals surface area contributed by atoms with Crippen LogP contribution in [0.1, 0.15) is 6.92 Å². The van der Waals surface area contributed by atoms with E-state index >= 15 is 0 Å². The highest BCUT2D eigenvalue weighted by Crippen LogP contribution is 1.84. The minimum Gasteiger partial charge on any atom is -0.476 e. The summed E-state index contributed by atoms with van der Waals surface area (Å²) >= 11 is 5.07. The molecule has 0 aromatic carbocycles. The Balaban J connectivity index is 3.80. The van der Waals surface area contributed by atoms with Crippen molar-refractivity contribution in [3.63, 3.8) is 0 Å². The van der Waals surface area contributed by atoms with Crippen molar-refractivity contribution in [2.45, 2.75) is 6.92 Å². The number of carboxylic acids is 1. The van der Waals surface area contributed by atoms with E-state index in [1.54, 1.807) is 6.92 Å². The lowest BCUT2D eigenvalue weighted by molar-refractivity contribution is -0.129. The molecule has 8 heavy (non-hydrogen) atoms. The molecule has 0 saturated carbocycles. The molecule has 0 fully saturated rings. The lowest BCUT2D eigenvalue weighted by Crippen LogP contribution is -2.04. The Morgan fingerprint density at radius 2 is 2.38 bits per heavy atom. The standard InChI is InChI=1S/C4H6ClNO2/c1-2-6-3(5)4(7)8/h2H2,1H3,(H,7,8). The van der Waals surface area contributed by atoms with Gasteiger partial charge >= 0.3 is 5.97 Å². The highest BCUT2D eigenvalue weighted by molar-refractivity contribution is 6.81. The molecule has 0 aromatic rings. The average Bonchev–Trinajstić information content (AvgIpc) is 1.67. The van der Waals surface area contributed by atoms with Gasteiger partial charge in [0.1, 0.15) is 0 Å². The molecule has 1 N–H and O–H groups in total. The summed E-state index contributed by atoms with van der Waals surface area (Å²) in [6.07, 6.45) is 0. The topological polar surface area (TPSA) is 49.7 Å². The molecule has 0 saturated heterocycles. The zero-order valence-electron chi connectivity index (χ0n) is 4.39. The van der Waals surface area contributed by atoms with E-state index in [-0.39, 0.29) is 5.17 Å². The second kappa shape index (κ2) is 3.43. The Morgan fingerprint density at radius 1 is 1.88 bits per heavy atom. The summed E-state index contributed by atoms with van der Waals surface area (Å²) in [7, 11) is 0. The van der Waals surface area contributed by atoms with Crippen LogP contribution in [-0.2, 0) is 4.79 Å². The molecule has 0 spiro atoms. The number of hydrogen-bond acceptors (Lipinski definition) is 2. The number of aliphatic imine (C=N–C) groups is 1. The second-order valence-corrected chi connectivity index (χ2v) is 1.43. The lowest BCUT2D eigenvalue weighted by atomic mass is 10.7. The van der Waals surface area contributed by atoms with E-state index in [0.717, 1.165) is 0 Å². The van der Waals surface area contributed by atoms with Gasteiger partial charge in [-0.2, -0.15) is 0 Å². The molecular weight excluding hydrogens is 130 g/mol. The van der Waals surface area contributed by atoms with E-state index in [1.165, 1.54) is 0 Å². The van der Waals surface area contributed by atoms with Crippen LogP contribution in [0.15, 0.2) is 4.99 Å². The van der Waals surface area contributed by atoms with Crippen LogP contribution in [0.3, 0.4) is 0 Å². The Bertz CT molecular complexity index is 121. The van der Waals surface area contributed by atoms with Crippen molar-refractivity contribution < 1.29 is 9.90 Å². The average molecular weight is 136 g/mol. The van der Waals surface area contributed by atoms with E-state index in [9.17, 15) is 4.79 Å². The number of halogens is 1. The second-order valence-electron chi connectivity index (χ2n) is 1.07. The predicted molar refractivity (Wildman–Crippen MR) is 31.5 cm³/mol. The number of hydrogen-bond donors (Lipinski definition) is 1. The molecule has 0 unspecified atom stereocenters. The van der Waals surface area contributed by atoms with Gasteiger partial charge in [0, 0.05) is 6.54 Å².